The summed E-state index contributed by atoms with van der Waals surface area (Å²) in [4.78, 5) is 13.7. The second kappa shape index (κ2) is 11.2. The summed E-state index contributed by atoms with van der Waals surface area (Å²) in [6.45, 7) is 14.3. The molecule has 0 saturated carbocycles. The van der Waals surface area contributed by atoms with E-state index in [2.05, 4.69) is 120 Å². The molecular formula is C33H41N5O2Si. The summed E-state index contributed by atoms with van der Waals surface area (Å²) >= 11 is 0. The van der Waals surface area contributed by atoms with Gasteiger partial charge in [0.15, 0.2) is 0 Å². The van der Waals surface area contributed by atoms with Crippen molar-refractivity contribution in [2.24, 2.45) is 0 Å². The molecule has 4 aromatic rings. The van der Waals surface area contributed by atoms with Crippen LogP contribution in [0.1, 0.15) is 26.3 Å². The molecule has 3 heterocycles. The molecule has 41 heavy (non-hydrogen) atoms. The Labute approximate surface area is 244 Å². The number of nitrogens with two attached hydrogens (primary N) is 1. The molecule has 214 valence electrons. The Morgan fingerprint density at radius 2 is 1.54 bits per heavy atom. The number of hydrogen-bond acceptors (Lipinski definition) is 7. The van der Waals surface area contributed by atoms with Crippen LogP contribution >= 0.6 is 0 Å². The molecule has 0 bridgehead atoms. The Kier molecular flexibility index (Phi) is 7.59. The first kappa shape index (κ1) is 27.8. The Morgan fingerprint density at radius 1 is 0.902 bits per heavy atom. The van der Waals surface area contributed by atoms with Crippen molar-refractivity contribution in [3.8, 4) is 0 Å². The van der Waals surface area contributed by atoms with E-state index in [0.29, 0.717) is 19.2 Å². The molecule has 0 aliphatic carbocycles. The summed E-state index contributed by atoms with van der Waals surface area (Å²) in [5.41, 5.74) is 9.22. The summed E-state index contributed by atoms with van der Waals surface area (Å²) in [7, 11) is -2.66. The van der Waals surface area contributed by atoms with Crippen LogP contribution in [0.4, 0.5) is 11.6 Å². The van der Waals surface area contributed by atoms with Crippen LogP contribution in [0.2, 0.25) is 5.04 Å². The molecule has 7 nitrogen and oxygen atoms in total. The largest absolute Gasteiger partial charge is 0.400 e. The highest BCUT2D eigenvalue weighted by atomic mass is 28.4. The average Bonchev–Trinajstić information content (AvgIpc) is 3.44. The predicted molar refractivity (Wildman–Crippen MR) is 170 cm³/mol. The lowest BCUT2D eigenvalue weighted by Gasteiger charge is -2.47. The Balaban J connectivity index is 1.25. The van der Waals surface area contributed by atoms with Gasteiger partial charge in [0, 0.05) is 43.4 Å². The van der Waals surface area contributed by atoms with Crippen molar-refractivity contribution >= 4 is 41.2 Å². The van der Waals surface area contributed by atoms with Gasteiger partial charge in [-0.3, -0.25) is 4.90 Å². The number of aryl methyl sites for hydroxylation is 1. The third-order valence-electron chi connectivity index (χ3n) is 8.78. The van der Waals surface area contributed by atoms with E-state index in [1.54, 1.807) is 6.20 Å². The van der Waals surface area contributed by atoms with Crippen molar-refractivity contribution in [3.05, 3.63) is 84.6 Å². The first-order chi connectivity index (χ1) is 19.8. The highest BCUT2D eigenvalue weighted by molar-refractivity contribution is 6.99. The molecule has 8 heteroatoms. The van der Waals surface area contributed by atoms with Gasteiger partial charge in [-0.25, -0.2) is 9.97 Å². The van der Waals surface area contributed by atoms with Crippen LogP contribution in [0.5, 0.6) is 0 Å². The average molecular weight is 568 g/mol. The van der Waals surface area contributed by atoms with Gasteiger partial charge in [0.1, 0.15) is 0 Å². The highest BCUT2D eigenvalue weighted by Gasteiger charge is 2.53. The van der Waals surface area contributed by atoms with E-state index < -0.39 is 8.32 Å². The molecule has 2 fully saturated rings. The van der Waals surface area contributed by atoms with Crippen LogP contribution in [0.3, 0.4) is 0 Å². The fraction of sp³-hybridized carbons (Fsp3) is 0.394. The van der Waals surface area contributed by atoms with Crippen LogP contribution in [0.25, 0.3) is 10.9 Å². The first-order valence-corrected chi connectivity index (χ1v) is 16.6. The van der Waals surface area contributed by atoms with Gasteiger partial charge < -0.3 is 19.8 Å². The van der Waals surface area contributed by atoms with Crippen molar-refractivity contribution in [1.29, 1.82) is 0 Å². The van der Waals surface area contributed by atoms with E-state index in [0.717, 1.165) is 37.1 Å². The highest BCUT2D eigenvalue weighted by Crippen LogP contribution is 2.39. The van der Waals surface area contributed by atoms with Crippen LogP contribution in [-0.4, -0.2) is 74.7 Å². The van der Waals surface area contributed by atoms with E-state index in [9.17, 15) is 0 Å². The molecule has 2 aliphatic rings. The van der Waals surface area contributed by atoms with E-state index in [1.165, 1.54) is 21.6 Å². The van der Waals surface area contributed by atoms with Gasteiger partial charge in [-0.05, 0) is 40.0 Å². The lowest BCUT2D eigenvalue weighted by Crippen LogP contribution is -2.69. The van der Waals surface area contributed by atoms with Crippen LogP contribution < -0.4 is 21.0 Å². The lowest BCUT2D eigenvalue weighted by atomic mass is 10.1. The monoisotopic (exact) mass is 567 g/mol. The van der Waals surface area contributed by atoms with E-state index in [-0.39, 0.29) is 17.2 Å². The molecule has 2 aliphatic heterocycles. The van der Waals surface area contributed by atoms with E-state index in [1.807, 2.05) is 0 Å². The molecule has 0 amide bonds. The number of hydrogen-bond donors (Lipinski definition) is 1. The van der Waals surface area contributed by atoms with Gasteiger partial charge >= 0.3 is 0 Å². The minimum absolute atomic E-state index is 0.00920. The number of aromatic nitrogens is 2. The summed E-state index contributed by atoms with van der Waals surface area (Å²) in [6.07, 6.45) is 1.81. The number of nitrogens with zero attached hydrogens (tertiary/aromatic N) is 4. The Morgan fingerprint density at radius 3 is 2.15 bits per heavy atom. The minimum atomic E-state index is -2.66. The smallest absolute Gasteiger partial charge is 0.261 e. The quantitative estimate of drug-likeness (QED) is 0.353. The third kappa shape index (κ3) is 5.25. The fourth-order valence-corrected chi connectivity index (χ4v) is 11.4. The topological polar surface area (TPSA) is 76.7 Å². The maximum Gasteiger partial charge on any atom is 0.261 e. The number of ether oxygens (including phenoxy) is 1. The standard InChI is InChI=1S/C33H41N5O2Si/c1-24-19-25-21-35-32(34)36-28(25)20-29(24)37-15-17-38(18-16-37)30-22-39-23-31(30)40-41(33(2,3)4,26-11-7-5-8-12-26)27-13-9-6-10-14-27/h5-14,19-21,30-31H,15-18,22-23H2,1-4H3,(H2,34,35,36). The van der Waals surface area contributed by atoms with Gasteiger partial charge in [0.2, 0.25) is 5.95 Å². The zero-order valence-corrected chi connectivity index (χ0v) is 25.6. The molecule has 2 unspecified atom stereocenters. The molecule has 6 rings (SSSR count). The predicted octanol–water partition coefficient (Wildman–Crippen LogP) is 3.99. The second-order valence-corrected chi connectivity index (χ2v) is 16.6. The van der Waals surface area contributed by atoms with Crippen molar-refractivity contribution < 1.29 is 9.16 Å². The van der Waals surface area contributed by atoms with Gasteiger partial charge in [-0.15, -0.1) is 0 Å². The van der Waals surface area contributed by atoms with Gasteiger partial charge in [-0.1, -0.05) is 81.4 Å². The molecule has 2 N–H and O–H groups in total. The third-order valence-corrected chi connectivity index (χ3v) is 13.8. The minimum Gasteiger partial charge on any atom is -0.400 e. The molecule has 0 spiro atoms. The first-order valence-electron chi connectivity index (χ1n) is 14.6. The van der Waals surface area contributed by atoms with Crippen LogP contribution in [-0.2, 0) is 9.16 Å². The Hall–Kier alpha value is -3.30. The van der Waals surface area contributed by atoms with E-state index in [4.69, 9.17) is 14.9 Å². The van der Waals surface area contributed by atoms with Gasteiger partial charge in [-0.2, -0.15) is 0 Å². The lowest BCUT2D eigenvalue weighted by molar-refractivity contribution is 0.0883. The van der Waals surface area contributed by atoms with E-state index >= 15 is 0 Å². The van der Waals surface area contributed by atoms with Gasteiger partial charge in [0.05, 0.1) is 30.9 Å². The molecule has 0 radical (unpaired) electrons. The number of piperazine rings is 1. The number of fused-ring (bicyclic) bond motifs is 1. The molecular weight excluding hydrogens is 526 g/mol. The number of anilines is 2. The molecule has 1 aromatic heterocycles. The zero-order valence-electron chi connectivity index (χ0n) is 24.6. The fourth-order valence-electron chi connectivity index (χ4n) is 6.73. The zero-order chi connectivity index (χ0) is 28.6. The van der Waals surface area contributed by atoms with Gasteiger partial charge in [0.25, 0.3) is 8.32 Å². The molecule has 2 atom stereocenters. The number of rotatable bonds is 6. The number of benzene rings is 3. The van der Waals surface area contributed by atoms with Crippen molar-refractivity contribution in [2.45, 2.75) is 44.9 Å². The maximum atomic E-state index is 7.52. The SMILES string of the molecule is Cc1cc2cnc(N)nc2cc1N1CCN(C2COCC2O[Si](c2ccccc2)(c2ccccc2)C(C)(C)C)CC1. The van der Waals surface area contributed by atoms with Crippen molar-refractivity contribution in [2.75, 3.05) is 50.0 Å². The van der Waals surface area contributed by atoms with Crippen molar-refractivity contribution in [1.82, 2.24) is 14.9 Å². The maximum absolute atomic E-state index is 7.52. The second-order valence-electron chi connectivity index (χ2n) is 12.4. The molecule has 2 saturated heterocycles. The number of nitrogen functional groups attached to an aromatic ring is 1. The summed E-state index contributed by atoms with van der Waals surface area (Å²) < 4.78 is 13.7. The normalized spacial score (nSPS) is 20.5. The summed E-state index contributed by atoms with van der Waals surface area (Å²) in [5.74, 6) is 0.310. The Bertz CT molecular complexity index is 1450. The molecule has 3 aromatic carbocycles. The summed E-state index contributed by atoms with van der Waals surface area (Å²) in [6, 6.07) is 26.4. The van der Waals surface area contributed by atoms with Crippen LogP contribution in [0.15, 0.2) is 79.0 Å². The summed E-state index contributed by atoms with van der Waals surface area (Å²) in [5, 5.41) is 3.57. The van der Waals surface area contributed by atoms with Crippen LogP contribution in [0, 0.1) is 6.92 Å². The van der Waals surface area contributed by atoms with Crippen molar-refractivity contribution in [3.63, 3.8) is 0 Å².